The molecule has 5 nitrogen and oxygen atoms in total. The van der Waals surface area contributed by atoms with Gasteiger partial charge in [0, 0.05) is 18.8 Å². The fraction of sp³-hybridized carbons (Fsp3) is 0.818. The molecule has 1 saturated heterocycles. The van der Waals surface area contributed by atoms with Gasteiger partial charge in [-0.15, -0.1) is 11.6 Å². The van der Waals surface area contributed by atoms with E-state index in [9.17, 15) is 9.59 Å². The van der Waals surface area contributed by atoms with Gasteiger partial charge in [0.25, 0.3) is 0 Å². The van der Waals surface area contributed by atoms with Crippen molar-refractivity contribution in [2.45, 2.75) is 38.9 Å². The Morgan fingerprint density at radius 1 is 1.53 bits per heavy atom. The number of imide groups is 1. The van der Waals surface area contributed by atoms with E-state index in [-0.39, 0.29) is 35.9 Å². The SMILES string of the molecule is CC1CN(C(=O)NC(=O)CCCl)CC(C)(C)O1. The highest BCUT2D eigenvalue weighted by atomic mass is 35.5. The number of urea groups is 1. The van der Waals surface area contributed by atoms with Crippen molar-refractivity contribution in [1.29, 1.82) is 0 Å². The maximum Gasteiger partial charge on any atom is 0.324 e. The Balaban J connectivity index is 2.54. The Kier molecular flexibility index (Phi) is 4.77. The summed E-state index contributed by atoms with van der Waals surface area (Å²) in [6, 6.07) is -0.372. The number of hydrogen-bond acceptors (Lipinski definition) is 3. The Labute approximate surface area is 106 Å². The predicted molar refractivity (Wildman–Crippen MR) is 65.1 cm³/mol. The molecule has 0 aromatic rings. The maximum atomic E-state index is 11.8. The quantitative estimate of drug-likeness (QED) is 0.765. The first-order chi connectivity index (χ1) is 7.84. The largest absolute Gasteiger partial charge is 0.369 e. The number of halogens is 1. The van der Waals surface area contributed by atoms with E-state index in [0.717, 1.165) is 0 Å². The predicted octanol–water partition coefficient (Wildman–Crippen LogP) is 1.35. The van der Waals surface area contributed by atoms with Crippen molar-refractivity contribution in [3.63, 3.8) is 0 Å². The Hall–Kier alpha value is -0.810. The molecule has 3 amide bonds. The fourth-order valence-electron chi connectivity index (χ4n) is 1.96. The van der Waals surface area contributed by atoms with Crippen LogP contribution in [0.1, 0.15) is 27.2 Å². The summed E-state index contributed by atoms with van der Waals surface area (Å²) in [5, 5.41) is 2.32. The van der Waals surface area contributed by atoms with E-state index < -0.39 is 0 Å². The summed E-state index contributed by atoms with van der Waals surface area (Å²) in [6.45, 7) is 6.70. The molecule has 1 aliphatic heterocycles. The molecule has 0 spiro atoms. The van der Waals surface area contributed by atoms with E-state index in [0.29, 0.717) is 13.1 Å². The molecule has 1 heterocycles. The van der Waals surface area contributed by atoms with Gasteiger partial charge in [0.2, 0.25) is 5.91 Å². The second kappa shape index (κ2) is 5.69. The number of carbonyl (C=O) groups is 2. The lowest BCUT2D eigenvalue weighted by Crippen LogP contribution is -2.56. The maximum absolute atomic E-state index is 11.8. The van der Waals surface area contributed by atoms with Crippen molar-refractivity contribution in [3.8, 4) is 0 Å². The van der Waals surface area contributed by atoms with Gasteiger partial charge in [0.05, 0.1) is 18.2 Å². The first-order valence-electron chi connectivity index (χ1n) is 5.66. The number of nitrogens with one attached hydrogen (secondary N) is 1. The molecule has 0 aliphatic carbocycles. The van der Waals surface area contributed by atoms with E-state index >= 15 is 0 Å². The number of rotatable bonds is 2. The minimum atomic E-state index is -0.384. The van der Waals surface area contributed by atoms with E-state index in [1.807, 2.05) is 20.8 Å². The van der Waals surface area contributed by atoms with E-state index in [1.54, 1.807) is 4.90 Å². The van der Waals surface area contributed by atoms with Crippen molar-refractivity contribution in [3.05, 3.63) is 0 Å². The number of morpholine rings is 1. The summed E-state index contributed by atoms with van der Waals surface area (Å²) in [5.41, 5.74) is -0.384. The molecule has 0 aromatic heterocycles. The highest BCUT2D eigenvalue weighted by molar-refractivity contribution is 6.19. The van der Waals surface area contributed by atoms with Crippen LogP contribution in [0.3, 0.4) is 0 Å². The van der Waals surface area contributed by atoms with Gasteiger partial charge in [-0.3, -0.25) is 10.1 Å². The zero-order valence-electron chi connectivity index (χ0n) is 10.5. The average Bonchev–Trinajstić information content (AvgIpc) is 2.14. The molecule has 98 valence electrons. The zero-order chi connectivity index (χ0) is 13.1. The van der Waals surface area contributed by atoms with Gasteiger partial charge in [0.15, 0.2) is 0 Å². The Bertz CT molecular complexity index is 307. The van der Waals surface area contributed by atoms with Crippen LogP contribution in [0.15, 0.2) is 0 Å². The third-order valence-electron chi connectivity index (χ3n) is 2.42. The normalized spacial score (nSPS) is 23.3. The molecule has 1 N–H and O–H groups in total. The van der Waals surface area contributed by atoms with Gasteiger partial charge in [-0.25, -0.2) is 4.79 Å². The lowest BCUT2D eigenvalue weighted by atomic mass is 10.1. The number of nitrogens with zero attached hydrogens (tertiary/aromatic N) is 1. The van der Waals surface area contributed by atoms with Gasteiger partial charge in [0.1, 0.15) is 0 Å². The molecule has 1 fully saturated rings. The van der Waals surface area contributed by atoms with Gasteiger partial charge < -0.3 is 9.64 Å². The summed E-state index contributed by atoms with van der Waals surface area (Å²) in [5.74, 6) is -0.133. The summed E-state index contributed by atoms with van der Waals surface area (Å²) < 4.78 is 5.68. The lowest BCUT2D eigenvalue weighted by molar-refractivity contribution is -0.124. The van der Waals surface area contributed by atoms with E-state index in [1.165, 1.54) is 0 Å². The Morgan fingerprint density at radius 3 is 2.71 bits per heavy atom. The van der Waals surface area contributed by atoms with Crippen molar-refractivity contribution >= 4 is 23.5 Å². The highest BCUT2D eigenvalue weighted by Gasteiger charge is 2.34. The van der Waals surface area contributed by atoms with Crippen molar-refractivity contribution < 1.29 is 14.3 Å². The first kappa shape index (κ1) is 14.3. The van der Waals surface area contributed by atoms with Crippen LogP contribution in [-0.2, 0) is 9.53 Å². The topological polar surface area (TPSA) is 58.6 Å². The third-order valence-corrected chi connectivity index (χ3v) is 2.61. The lowest BCUT2D eigenvalue weighted by Gasteiger charge is -2.41. The number of ether oxygens (including phenoxy) is 1. The minimum absolute atomic E-state index is 0.0346. The summed E-state index contributed by atoms with van der Waals surface area (Å²) in [4.78, 5) is 24.7. The van der Waals surface area contributed by atoms with Crippen LogP contribution >= 0.6 is 11.6 Å². The van der Waals surface area contributed by atoms with Gasteiger partial charge in [-0.05, 0) is 20.8 Å². The van der Waals surface area contributed by atoms with Gasteiger partial charge >= 0.3 is 6.03 Å². The first-order valence-corrected chi connectivity index (χ1v) is 6.20. The van der Waals surface area contributed by atoms with Crippen molar-refractivity contribution in [1.82, 2.24) is 10.2 Å². The fourth-order valence-corrected chi connectivity index (χ4v) is 2.13. The molecular weight excluding hydrogens is 244 g/mol. The van der Waals surface area contributed by atoms with Crippen LogP contribution in [0.4, 0.5) is 4.79 Å². The van der Waals surface area contributed by atoms with Crippen LogP contribution in [0.25, 0.3) is 0 Å². The van der Waals surface area contributed by atoms with Crippen LogP contribution in [0.5, 0.6) is 0 Å². The molecule has 0 radical (unpaired) electrons. The number of carbonyl (C=O) groups excluding carboxylic acids is 2. The van der Waals surface area contributed by atoms with Gasteiger partial charge in [-0.2, -0.15) is 0 Å². The molecule has 6 heteroatoms. The zero-order valence-corrected chi connectivity index (χ0v) is 11.2. The second-order valence-corrected chi connectivity index (χ2v) is 5.24. The summed E-state index contributed by atoms with van der Waals surface area (Å²) >= 11 is 5.43. The smallest absolute Gasteiger partial charge is 0.324 e. The van der Waals surface area contributed by atoms with Crippen LogP contribution < -0.4 is 5.32 Å². The Morgan fingerprint density at radius 2 is 2.18 bits per heavy atom. The van der Waals surface area contributed by atoms with Gasteiger partial charge in [-0.1, -0.05) is 0 Å². The van der Waals surface area contributed by atoms with Crippen LogP contribution in [-0.4, -0.2) is 47.5 Å². The molecule has 0 bridgehead atoms. The molecule has 0 saturated carbocycles. The summed E-state index contributed by atoms with van der Waals surface area (Å²) in [6.07, 6.45) is 0.115. The molecular formula is C11H19ClN2O3. The van der Waals surface area contributed by atoms with E-state index in [2.05, 4.69) is 5.32 Å². The number of amides is 3. The molecule has 1 rings (SSSR count). The minimum Gasteiger partial charge on any atom is -0.369 e. The molecule has 17 heavy (non-hydrogen) atoms. The highest BCUT2D eigenvalue weighted by Crippen LogP contribution is 2.20. The van der Waals surface area contributed by atoms with Crippen LogP contribution in [0, 0.1) is 0 Å². The van der Waals surface area contributed by atoms with Crippen LogP contribution in [0.2, 0.25) is 0 Å². The summed E-state index contributed by atoms with van der Waals surface area (Å²) in [7, 11) is 0. The standard InChI is InChI=1S/C11H19ClN2O3/c1-8-6-14(7-11(2,3)17-8)10(16)13-9(15)4-5-12/h8H,4-7H2,1-3H3,(H,13,15,16). The number of hydrogen-bond donors (Lipinski definition) is 1. The van der Waals surface area contributed by atoms with Crippen molar-refractivity contribution in [2.75, 3.05) is 19.0 Å². The van der Waals surface area contributed by atoms with Crippen molar-refractivity contribution in [2.24, 2.45) is 0 Å². The second-order valence-electron chi connectivity index (χ2n) is 4.86. The third kappa shape index (κ3) is 4.52. The van der Waals surface area contributed by atoms with E-state index in [4.69, 9.17) is 16.3 Å². The monoisotopic (exact) mass is 262 g/mol. The molecule has 1 atom stereocenters. The molecule has 1 aliphatic rings. The molecule has 1 unspecified atom stereocenters. The molecule has 0 aromatic carbocycles. The average molecular weight is 263 g/mol. The number of alkyl halides is 1.